The van der Waals surface area contributed by atoms with Gasteiger partial charge < -0.3 is 15.6 Å². The number of fused-ring (bicyclic) bond motifs is 1. The Kier molecular flexibility index (Phi) is 7.32. The van der Waals surface area contributed by atoms with Crippen molar-refractivity contribution in [1.29, 1.82) is 0 Å². The quantitative estimate of drug-likeness (QED) is 0.881. The van der Waals surface area contributed by atoms with Crippen molar-refractivity contribution in [3.8, 4) is 0 Å². The van der Waals surface area contributed by atoms with Gasteiger partial charge in [-0.25, -0.2) is 4.98 Å². The predicted molar refractivity (Wildman–Crippen MR) is 97.3 cm³/mol. The van der Waals surface area contributed by atoms with E-state index in [1.807, 2.05) is 25.1 Å². The summed E-state index contributed by atoms with van der Waals surface area (Å²) in [6.45, 7) is 3.35. The molecule has 1 amide bonds. The molecule has 0 spiro atoms. The van der Waals surface area contributed by atoms with Crippen LogP contribution >= 0.6 is 24.8 Å². The predicted octanol–water partition coefficient (Wildman–Crippen LogP) is 2.43. The lowest BCUT2D eigenvalue weighted by Crippen LogP contribution is -2.39. The van der Waals surface area contributed by atoms with E-state index in [-0.39, 0.29) is 42.7 Å². The number of hydrogen-bond acceptors (Lipinski definition) is 3. The molecule has 1 aromatic carbocycles. The van der Waals surface area contributed by atoms with E-state index < -0.39 is 0 Å². The Labute approximate surface area is 148 Å². The summed E-state index contributed by atoms with van der Waals surface area (Å²) in [5.74, 6) is 1.07. The molecule has 1 aliphatic carbocycles. The number of amides is 1. The Morgan fingerprint density at radius 3 is 2.78 bits per heavy atom. The number of carbonyl (C=O) groups excluding carboxylic acids is 1. The molecule has 0 aliphatic heterocycles. The molecule has 23 heavy (non-hydrogen) atoms. The van der Waals surface area contributed by atoms with Gasteiger partial charge in [-0.15, -0.1) is 24.8 Å². The lowest BCUT2D eigenvalue weighted by Gasteiger charge is -2.15. The fraction of sp³-hybridized carbons (Fsp3) is 0.500. The first kappa shape index (κ1) is 19.7. The highest BCUT2D eigenvalue weighted by molar-refractivity contribution is 5.85. The normalized spacial score (nSPS) is 19.9. The Morgan fingerprint density at radius 1 is 1.35 bits per heavy atom. The summed E-state index contributed by atoms with van der Waals surface area (Å²) >= 11 is 0. The van der Waals surface area contributed by atoms with E-state index in [9.17, 15) is 4.79 Å². The Balaban J connectivity index is 0.00000132. The SMILES string of the molecule is Cc1nc2ccccc2n1CCNC(=O)C1CCCC1N.Cl.Cl. The third-order valence-electron chi connectivity index (χ3n) is 4.39. The molecular weight excluding hydrogens is 335 g/mol. The van der Waals surface area contributed by atoms with Gasteiger partial charge in [0.15, 0.2) is 0 Å². The number of nitrogens with one attached hydrogen (secondary N) is 1. The second kappa shape index (κ2) is 8.52. The van der Waals surface area contributed by atoms with Crippen LogP contribution in [0.3, 0.4) is 0 Å². The van der Waals surface area contributed by atoms with Crippen molar-refractivity contribution in [3.05, 3.63) is 30.1 Å². The molecule has 128 valence electrons. The monoisotopic (exact) mass is 358 g/mol. The van der Waals surface area contributed by atoms with Crippen molar-refractivity contribution in [3.63, 3.8) is 0 Å². The van der Waals surface area contributed by atoms with Crippen LogP contribution in [0.25, 0.3) is 11.0 Å². The first-order valence-corrected chi connectivity index (χ1v) is 7.62. The van der Waals surface area contributed by atoms with Crippen LogP contribution in [-0.2, 0) is 11.3 Å². The zero-order valence-electron chi connectivity index (χ0n) is 13.2. The first-order valence-electron chi connectivity index (χ1n) is 7.62. The Hall–Kier alpha value is -1.30. The van der Waals surface area contributed by atoms with Gasteiger partial charge in [-0.05, 0) is 31.9 Å². The fourth-order valence-electron chi connectivity index (χ4n) is 3.21. The van der Waals surface area contributed by atoms with Crippen LogP contribution in [0.5, 0.6) is 0 Å². The van der Waals surface area contributed by atoms with Crippen molar-refractivity contribution in [2.24, 2.45) is 11.7 Å². The van der Waals surface area contributed by atoms with Crippen LogP contribution in [0.2, 0.25) is 0 Å². The molecule has 0 saturated heterocycles. The second-order valence-electron chi connectivity index (χ2n) is 5.79. The number of rotatable bonds is 4. The molecule has 3 N–H and O–H groups in total. The highest BCUT2D eigenvalue weighted by Crippen LogP contribution is 2.23. The molecular formula is C16H24Cl2N4O. The van der Waals surface area contributed by atoms with Crippen molar-refractivity contribution in [1.82, 2.24) is 14.9 Å². The number of nitrogens with two attached hydrogens (primary N) is 1. The van der Waals surface area contributed by atoms with Gasteiger partial charge in [0, 0.05) is 19.1 Å². The molecule has 1 heterocycles. The number of nitrogens with zero attached hydrogens (tertiary/aromatic N) is 2. The Morgan fingerprint density at radius 2 is 2.09 bits per heavy atom. The average Bonchev–Trinajstić information content (AvgIpc) is 3.03. The van der Waals surface area contributed by atoms with Crippen molar-refractivity contribution in [2.45, 2.75) is 38.8 Å². The number of aromatic nitrogens is 2. The topological polar surface area (TPSA) is 72.9 Å². The van der Waals surface area contributed by atoms with Gasteiger partial charge in [-0.3, -0.25) is 4.79 Å². The molecule has 1 aliphatic rings. The zero-order valence-corrected chi connectivity index (χ0v) is 14.8. The summed E-state index contributed by atoms with van der Waals surface area (Å²) in [7, 11) is 0. The molecule has 7 heteroatoms. The molecule has 1 aromatic heterocycles. The summed E-state index contributed by atoms with van der Waals surface area (Å²) in [4.78, 5) is 16.6. The standard InChI is InChI=1S/C16H22N4O.2ClH/c1-11-19-14-7-2-3-8-15(14)20(11)10-9-18-16(21)12-5-4-6-13(12)17;;/h2-3,7-8,12-13H,4-6,9-10,17H2,1H3,(H,18,21);2*1H. The highest BCUT2D eigenvalue weighted by atomic mass is 35.5. The number of aryl methyl sites for hydroxylation is 1. The third kappa shape index (κ3) is 4.16. The lowest BCUT2D eigenvalue weighted by molar-refractivity contribution is -0.125. The second-order valence-corrected chi connectivity index (χ2v) is 5.79. The van der Waals surface area contributed by atoms with Crippen LogP contribution in [0.4, 0.5) is 0 Å². The largest absolute Gasteiger partial charge is 0.354 e. The van der Waals surface area contributed by atoms with Gasteiger partial charge in [0.25, 0.3) is 0 Å². The van der Waals surface area contributed by atoms with E-state index >= 15 is 0 Å². The number of benzene rings is 1. The maximum absolute atomic E-state index is 12.1. The fourth-order valence-corrected chi connectivity index (χ4v) is 3.21. The summed E-state index contributed by atoms with van der Waals surface area (Å²) in [5, 5.41) is 3.02. The van der Waals surface area contributed by atoms with Crippen LogP contribution in [0.15, 0.2) is 24.3 Å². The Bertz CT molecular complexity index is 659. The van der Waals surface area contributed by atoms with Gasteiger partial charge >= 0.3 is 0 Å². The van der Waals surface area contributed by atoms with Crippen LogP contribution in [-0.4, -0.2) is 28.0 Å². The van der Waals surface area contributed by atoms with E-state index in [1.165, 1.54) is 0 Å². The number of halogens is 2. The molecule has 1 saturated carbocycles. The van der Waals surface area contributed by atoms with Gasteiger partial charge in [0.2, 0.25) is 5.91 Å². The third-order valence-corrected chi connectivity index (χ3v) is 4.39. The molecule has 0 bridgehead atoms. The minimum Gasteiger partial charge on any atom is -0.354 e. The molecule has 2 atom stereocenters. The molecule has 2 unspecified atom stereocenters. The molecule has 2 aromatic rings. The van der Waals surface area contributed by atoms with E-state index in [2.05, 4.69) is 20.9 Å². The molecule has 0 radical (unpaired) electrons. The first-order chi connectivity index (χ1) is 10.2. The van der Waals surface area contributed by atoms with E-state index in [0.717, 1.165) is 42.7 Å². The van der Waals surface area contributed by atoms with Gasteiger partial charge in [-0.1, -0.05) is 18.6 Å². The van der Waals surface area contributed by atoms with Crippen LogP contribution < -0.4 is 11.1 Å². The number of hydrogen-bond donors (Lipinski definition) is 2. The highest BCUT2D eigenvalue weighted by Gasteiger charge is 2.29. The minimum absolute atomic E-state index is 0. The van der Waals surface area contributed by atoms with Crippen LogP contribution in [0.1, 0.15) is 25.1 Å². The number of para-hydroxylation sites is 2. The smallest absolute Gasteiger partial charge is 0.224 e. The van der Waals surface area contributed by atoms with Crippen LogP contribution in [0, 0.1) is 12.8 Å². The van der Waals surface area contributed by atoms with Crippen molar-refractivity contribution >= 4 is 41.8 Å². The van der Waals surface area contributed by atoms with E-state index in [0.29, 0.717) is 6.54 Å². The van der Waals surface area contributed by atoms with E-state index in [1.54, 1.807) is 0 Å². The summed E-state index contributed by atoms with van der Waals surface area (Å²) in [6, 6.07) is 8.10. The number of carbonyl (C=O) groups is 1. The van der Waals surface area contributed by atoms with Crippen molar-refractivity contribution in [2.75, 3.05) is 6.54 Å². The summed E-state index contributed by atoms with van der Waals surface area (Å²) in [6.07, 6.45) is 2.94. The van der Waals surface area contributed by atoms with Crippen molar-refractivity contribution < 1.29 is 4.79 Å². The number of imidazole rings is 1. The van der Waals surface area contributed by atoms with Gasteiger partial charge in [-0.2, -0.15) is 0 Å². The summed E-state index contributed by atoms with van der Waals surface area (Å²) in [5.41, 5.74) is 8.08. The van der Waals surface area contributed by atoms with E-state index in [4.69, 9.17) is 5.73 Å². The molecule has 5 nitrogen and oxygen atoms in total. The average molecular weight is 359 g/mol. The minimum atomic E-state index is -0.00868. The maximum atomic E-state index is 12.1. The summed E-state index contributed by atoms with van der Waals surface area (Å²) < 4.78 is 2.14. The maximum Gasteiger partial charge on any atom is 0.224 e. The van der Waals surface area contributed by atoms with Gasteiger partial charge in [0.05, 0.1) is 17.0 Å². The molecule has 1 fully saturated rings. The molecule has 3 rings (SSSR count). The zero-order chi connectivity index (χ0) is 14.8. The lowest BCUT2D eigenvalue weighted by atomic mass is 10.0. The van der Waals surface area contributed by atoms with Gasteiger partial charge in [0.1, 0.15) is 5.82 Å².